The van der Waals surface area contributed by atoms with E-state index in [0.29, 0.717) is 0 Å². The van der Waals surface area contributed by atoms with Crippen molar-refractivity contribution in [2.24, 2.45) is 5.11 Å². The summed E-state index contributed by atoms with van der Waals surface area (Å²) in [6.45, 7) is -0.506. The standard InChI is InChI=1S/C5H7N3O2/c1-2-4(7-8-6)5(10)3-9/h1,4-5,9-10H,3H2. The van der Waals surface area contributed by atoms with Crippen LogP contribution in [0.2, 0.25) is 0 Å². The zero-order valence-corrected chi connectivity index (χ0v) is 5.18. The molecule has 0 aromatic heterocycles. The second kappa shape index (κ2) is 4.65. The van der Waals surface area contributed by atoms with E-state index in [0.717, 1.165) is 0 Å². The summed E-state index contributed by atoms with van der Waals surface area (Å²) in [6, 6.07) is -0.977. The summed E-state index contributed by atoms with van der Waals surface area (Å²) in [6.07, 6.45) is 3.68. The molecule has 0 aromatic rings. The number of terminal acetylenes is 1. The number of rotatable bonds is 3. The van der Waals surface area contributed by atoms with Gasteiger partial charge in [0.25, 0.3) is 0 Å². The molecular weight excluding hydrogens is 134 g/mol. The van der Waals surface area contributed by atoms with Crippen molar-refractivity contribution in [3.05, 3.63) is 10.4 Å². The highest BCUT2D eigenvalue weighted by Gasteiger charge is 2.12. The molecule has 0 rings (SSSR count). The van der Waals surface area contributed by atoms with Gasteiger partial charge in [-0.3, -0.25) is 0 Å². The number of nitrogens with zero attached hydrogens (tertiary/aromatic N) is 3. The van der Waals surface area contributed by atoms with Crippen molar-refractivity contribution < 1.29 is 10.2 Å². The highest BCUT2D eigenvalue weighted by Crippen LogP contribution is 1.96. The maximum atomic E-state index is 8.79. The van der Waals surface area contributed by atoms with Crippen molar-refractivity contribution in [2.45, 2.75) is 12.1 Å². The zero-order chi connectivity index (χ0) is 7.98. The molecule has 0 radical (unpaired) electrons. The Morgan fingerprint density at radius 1 is 1.80 bits per heavy atom. The predicted molar refractivity (Wildman–Crippen MR) is 34.9 cm³/mol. The number of aliphatic hydroxyl groups is 2. The first-order valence-corrected chi connectivity index (χ1v) is 2.55. The molecule has 54 valence electrons. The van der Waals surface area contributed by atoms with Crippen LogP contribution in [0.4, 0.5) is 0 Å². The zero-order valence-electron chi connectivity index (χ0n) is 5.18. The Labute approximate surface area is 57.9 Å². The van der Waals surface area contributed by atoms with E-state index < -0.39 is 18.8 Å². The van der Waals surface area contributed by atoms with Gasteiger partial charge in [-0.05, 0) is 5.53 Å². The molecule has 0 spiro atoms. The molecular formula is C5H7N3O2. The average Bonchev–Trinajstić information content (AvgIpc) is 1.99. The van der Waals surface area contributed by atoms with Crippen LogP contribution in [0.25, 0.3) is 10.4 Å². The van der Waals surface area contributed by atoms with E-state index in [4.69, 9.17) is 22.2 Å². The molecule has 5 nitrogen and oxygen atoms in total. The molecule has 0 aliphatic rings. The van der Waals surface area contributed by atoms with Crippen LogP contribution in [0.1, 0.15) is 0 Å². The summed E-state index contributed by atoms with van der Waals surface area (Å²) in [7, 11) is 0. The average molecular weight is 141 g/mol. The molecule has 0 bridgehead atoms. The lowest BCUT2D eigenvalue weighted by molar-refractivity contribution is 0.0877. The molecule has 0 aliphatic heterocycles. The second-order valence-corrected chi connectivity index (χ2v) is 1.57. The first kappa shape index (κ1) is 8.79. The Bertz CT molecular complexity index is 180. The number of hydrogen-bond acceptors (Lipinski definition) is 3. The highest BCUT2D eigenvalue weighted by atomic mass is 16.3. The van der Waals surface area contributed by atoms with Gasteiger partial charge in [0, 0.05) is 4.91 Å². The van der Waals surface area contributed by atoms with E-state index in [-0.39, 0.29) is 0 Å². The van der Waals surface area contributed by atoms with Gasteiger partial charge in [0.15, 0.2) is 0 Å². The van der Waals surface area contributed by atoms with Crippen molar-refractivity contribution in [3.63, 3.8) is 0 Å². The van der Waals surface area contributed by atoms with Crippen LogP contribution in [0.15, 0.2) is 5.11 Å². The maximum absolute atomic E-state index is 8.79. The van der Waals surface area contributed by atoms with Crippen LogP contribution in [-0.4, -0.2) is 29.0 Å². The van der Waals surface area contributed by atoms with Crippen LogP contribution >= 0.6 is 0 Å². The summed E-state index contributed by atoms with van der Waals surface area (Å²) in [4.78, 5) is 2.39. The van der Waals surface area contributed by atoms with Crippen LogP contribution < -0.4 is 0 Å². The van der Waals surface area contributed by atoms with Gasteiger partial charge in [-0.15, -0.1) is 6.42 Å². The third-order valence-electron chi connectivity index (χ3n) is 0.898. The van der Waals surface area contributed by atoms with E-state index in [9.17, 15) is 0 Å². The molecule has 0 saturated heterocycles. The molecule has 0 saturated carbocycles. The molecule has 2 N–H and O–H groups in total. The van der Waals surface area contributed by atoms with Gasteiger partial charge in [-0.2, -0.15) is 0 Å². The fourth-order valence-corrected chi connectivity index (χ4v) is 0.377. The Hall–Kier alpha value is -1.21. The summed E-state index contributed by atoms with van der Waals surface area (Å²) >= 11 is 0. The van der Waals surface area contributed by atoms with Crippen molar-refractivity contribution in [1.29, 1.82) is 0 Å². The summed E-state index contributed by atoms with van der Waals surface area (Å²) in [5.41, 5.74) is 7.88. The van der Waals surface area contributed by atoms with Gasteiger partial charge >= 0.3 is 0 Å². The Kier molecular flexibility index (Phi) is 4.09. The Morgan fingerprint density at radius 3 is 2.70 bits per heavy atom. The van der Waals surface area contributed by atoms with Gasteiger partial charge in [0.05, 0.1) is 12.7 Å². The number of hydrogen-bond donors (Lipinski definition) is 2. The number of azide groups is 1. The van der Waals surface area contributed by atoms with E-state index in [1.807, 2.05) is 5.92 Å². The predicted octanol–water partition coefficient (Wildman–Crippen LogP) is -0.348. The fourth-order valence-electron chi connectivity index (χ4n) is 0.377. The molecule has 2 unspecified atom stereocenters. The van der Waals surface area contributed by atoms with Crippen molar-refractivity contribution in [1.82, 2.24) is 0 Å². The molecule has 0 fully saturated rings. The number of aliphatic hydroxyl groups excluding tert-OH is 2. The van der Waals surface area contributed by atoms with Gasteiger partial charge in [-0.25, -0.2) is 0 Å². The highest BCUT2D eigenvalue weighted by molar-refractivity contribution is 5.02. The summed E-state index contributed by atoms with van der Waals surface area (Å²) < 4.78 is 0. The molecule has 10 heavy (non-hydrogen) atoms. The normalized spacial score (nSPS) is 14.5. The monoisotopic (exact) mass is 141 g/mol. The van der Waals surface area contributed by atoms with Gasteiger partial charge in [-0.1, -0.05) is 11.0 Å². The summed E-state index contributed by atoms with van der Waals surface area (Å²) in [5, 5.41) is 20.2. The smallest absolute Gasteiger partial charge is 0.127 e. The van der Waals surface area contributed by atoms with Crippen LogP contribution in [-0.2, 0) is 0 Å². The minimum atomic E-state index is -1.17. The third-order valence-corrected chi connectivity index (χ3v) is 0.898. The van der Waals surface area contributed by atoms with Gasteiger partial charge < -0.3 is 10.2 Å². The van der Waals surface area contributed by atoms with E-state index in [1.54, 1.807) is 0 Å². The lowest BCUT2D eigenvalue weighted by atomic mass is 10.2. The lowest BCUT2D eigenvalue weighted by Crippen LogP contribution is -2.25. The Morgan fingerprint density at radius 2 is 2.40 bits per heavy atom. The van der Waals surface area contributed by atoms with Crippen molar-refractivity contribution in [2.75, 3.05) is 6.61 Å². The molecule has 0 aliphatic carbocycles. The summed E-state index contributed by atoms with van der Waals surface area (Å²) in [5.74, 6) is 2.02. The van der Waals surface area contributed by atoms with Crippen LogP contribution in [0.5, 0.6) is 0 Å². The van der Waals surface area contributed by atoms with Crippen molar-refractivity contribution in [3.8, 4) is 12.3 Å². The topological polar surface area (TPSA) is 89.2 Å². The van der Waals surface area contributed by atoms with Gasteiger partial charge in [0.1, 0.15) is 6.04 Å². The first-order chi connectivity index (χ1) is 4.76. The molecule has 0 heterocycles. The van der Waals surface area contributed by atoms with Crippen LogP contribution in [0, 0.1) is 12.3 Å². The van der Waals surface area contributed by atoms with Gasteiger partial charge in [0.2, 0.25) is 0 Å². The molecule has 0 amide bonds. The van der Waals surface area contributed by atoms with E-state index in [2.05, 4.69) is 10.0 Å². The van der Waals surface area contributed by atoms with E-state index >= 15 is 0 Å². The lowest BCUT2D eigenvalue weighted by Gasteiger charge is -2.07. The molecule has 0 aromatic carbocycles. The molecule has 5 heteroatoms. The van der Waals surface area contributed by atoms with E-state index in [1.165, 1.54) is 0 Å². The van der Waals surface area contributed by atoms with Crippen molar-refractivity contribution >= 4 is 0 Å². The Balaban J connectivity index is 4.09. The quantitative estimate of drug-likeness (QED) is 0.243. The minimum Gasteiger partial charge on any atom is -0.394 e. The first-order valence-electron chi connectivity index (χ1n) is 2.55. The van der Waals surface area contributed by atoms with Crippen LogP contribution in [0.3, 0.4) is 0 Å². The largest absolute Gasteiger partial charge is 0.394 e. The second-order valence-electron chi connectivity index (χ2n) is 1.57. The SMILES string of the molecule is C#CC(N=[N+]=[N-])C(O)CO. The maximum Gasteiger partial charge on any atom is 0.127 e. The minimum absolute atomic E-state index is 0.506. The third kappa shape index (κ3) is 2.37. The fraction of sp³-hybridized carbons (Fsp3) is 0.600. The molecule has 2 atom stereocenters.